The first kappa shape index (κ1) is 13.8. The highest BCUT2D eigenvalue weighted by molar-refractivity contribution is 5.42. The van der Waals surface area contributed by atoms with Crippen LogP contribution in [-0.4, -0.2) is 14.2 Å². The van der Waals surface area contributed by atoms with Crippen molar-refractivity contribution in [3.8, 4) is 23.3 Å². The first-order chi connectivity index (χ1) is 9.76. The maximum absolute atomic E-state index is 9.03. The summed E-state index contributed by atoms with van der Waals surface area (Å²) >= 11 is 0. The number of benzene rings is 2. The molecule has 0 unspecified atom stereocenters. The summed E-state index contributed by atoms with van der Waals surface area (Å²) in [7, 11) is 3.17. The molecule has 0 amide bonds. The minimum Gasteiger partial charge on any atom is -0.496 e. The molecule has 0 fully saturated rings. The van der Waals surface area contributed by atoms with E-state index < -0.39 is 0 Å². The number of rotatable bonds is 5. The second-order valence-electron chi connectivity index (χ2n) is 4.11. The van der Waals surface area contributed by atoms with Gasteiger partial charge in [0.1, 0.15) is 23.9 Å². The first-order valence-electron chi connectivity index (χ1n) is 6.10. The number of nitriles is 1. The number of nitrogens with zero attached hydrogens (tertiary/aromatic N) is 1. The lowest BCUT2D eigenvalue weighted by atomic mass is 10.1. The Balaban J connectivity index is 2.16. The second-order valence-corrected chi connectivity index (χ2v) is 4.11. The highest BCUT2D eigenvalue weighted by Crippen LogP contribution is 2.28. The van der Waals surface area contributed by atoms with Gasteiger partial charge in [-0.15, -0.1) is 0 Å². The van der Waals surface area contributed by atoms with Gasteiger partial charge in [-0.05, 0) is 6.07 Å². The third kappa shape index (κ3) is 3.21. The van der Waals surface area contributed by atoms with Crippen molar-refractivity contribution in [2.75, 3.05) is 14.2 Å². The molecule has 0 spiro atoms. The molecule has 102 valence electrons. The van der Waals surface area contributed by atoms with Crippen LogP contribution >= 0.6 is 0 Å². The van der Waals surface area contributed by atoms with E-state index in [4.69, 9.17) is 19.5 Å². The van der Waals surface area contributed by atoms with Gasteiger partial charge in [-0.2, -0.15) is 5.26 Å². The van der Waals surface area contributed by atoms with Crippen molar-refractivity contribution in [2.45, 2.75) is 6.61 Å². The summed E-state index contributed by atoms with van der Waals surface area (Å²) in [6, 6.07) is 14.8. The fourth-order valence-electron chi connectivity index (χ4n) is 1.78. The van der Waals surface area contributed by atoms with Crippen LogP contribution in [0.5, 0.6) is 17.2 Å². The van der Waals surface area contributed by atoms with Gasteiger partial charge < -0.3 is 14.2 Å². The average molecular weight is 269 g/mol. The molecule has 2 aromatic carbocycles. The average Bonchev–Trinajstić information content (AvgIpc) is 2.52. The quantitative estimate of drug-likeness (QED) is 0.836. The molecule has 4 nitrogen and oxygen atoms in total. The van der Waals surface area contributed by atoms with Crippen molar-refractivity contribution in [1.82, 2.24) is 0 Å². The van der Waals surface area contributed by atoms with E-state index in [1.165, 1.54) is 0 Å². The van der Waals surface area contributed by atoms with E-state index >= 15 is 0 Å². The molecule has 0 N–H and O–H groups in total. The van der Waals surface area contributed by atoms with Crippen LogP contribution < -0.4 is 14.2 Å². The third-order valence-corrected chi connectivity index (χ3v) is 2.86. The predicted octanol–water partition coefficient (Wildman–Crippen LogP) is 3.15. The van der Waals surface area contributed by atoms with Gasteiger partial charge in [0.25, 0.3) is 0 Å². The Kier molecular flexibility index (Phi) is 4.46. The maximum Gasteiger partial charge on any atom is 0.127 e. The lowest BCUT2D eigenvalue weighted by Gasteiger charge is -2.11. The molecule has 0 radical (unpaired) electrons. The zero-order chi connectivity index (χ0) is 14.4. The molecule has 20 heavy (non-hydrogen) atoms. The Bertz CT molecular complexity index is 610. The molecular weight excluding hydrogens is 254 g/mol. The van der Waals surface area contributed by atoms with E-state index in [2.05, 4.69) is 6.07 Å². The van der Waals surface area contributed by atoms with Crippen LogP contribution in [0.1, 0.15) is 11.1 Å². The van der Waals surface area contributed by atoms with Crippen LogP contribution in [0.2, 0.25) is 0 Å². The van der Waals surface area contributed by atoms with Gasteiger partial charge in [-0.1, -0.05) is 18.2 Å². The van der Waals surface area contributed by atoms with Crippen LogP contribution in [0.4, 0.5) is 0 Å². The van der Waals surface area contributed by atoms with Gasteiger partial charge in [0.05, 0.1) is 25.9 Å². The molecule has 0 aliphatic carbocycles. The van der Waals surface area contributed by atoms with Crippen LogP contribution in [0.15, 0.2) is 42.5 Å². The van der Waals surface area contributed by atoms with Gasteiger partial charge in [0, 0.05) is 23.8 Å². The molecule has 2 aromatic rings. The third-order valence-electron chi connectivity index (χ3n) is 2.86. The van der Waals surface area contributed by atoms with Crippen molar-refractivity contribution in [2.24, 2.45) is 0 Å². The van der Waals surface area contributed by atoms with Gasteiger partial charge >= 0.3 is 0 Å². The molecule has 0 saturated carbocycles. The van der Waals surface area contributed by atoms with Crippen molar-refractivity contribution < 1.29 is 14.2 Å². The van der Waals surface area contributed by atoms with Crippen molar-refractivity contribution in [3.63, 3.8) is 0 Å². The minimum atomic E-state index is 0.319. The normalized spacial score (nSPS) is 9.65. The molecule has 0 bridgehead atoms. The maximum atomic E-state index is 9.03. The van der Waals surface area contributed by atoms with Crippen molar-refractivity contribution in [1.29, 1.82) is 5.26 Å². The zero-order valence-corrected chi connectivity index (χ0v) is 11.4. The largest absolute Gasteiger partial charge is 0.496 e. The van der Waals surface area contributed by atoms with Crippen LogP contribution in [0, 0.1) is 11.3 Å². The Morgan fingerprint density at radius 1 is 0.950 bits per heavy atom. The van der Waals surface area contributed by atoms with E-state index in [0.29, 0.717) is 29.4 Å². The number of methoxy groups -OCH3 is 2. The molecule has 0 aliphatic rings. The fraction of sp³-hybridized carbons (Fsp3) is 0.188. The standard InChI is InChI=1S/C16H15NO3/c1-18-14-7-15(19-2)9-16(8-14)20-11-13-6-4-3-5-12(13)10-17/h3-9H,11H2,1-2H3. The molecule has 4 heteroatoms. The molecule has 0 saturated heterocycles. The number of hydrogen-bond donors (Lipinski definition) is 0. The number of ether oxygens (including phenoxy) is 3. The van der Waals surface area contributed by atoms with E-state index in [9.17, 15) is 0 Å². The lowest BCUT2D eigenvalue weighted by Crippen LogP contribution is -1.99. The molecular formula is C16H15NO3. The van der Waals surface area contributed by atoms with Crippen molar-refractivity contribution in [3.05, 3.63) is 53.6 Å². The van der Waals surface area contributed by atoms with Gasteiger partial charge in [0.15, 0.2) is 0 Å². The zero-order valence-electron chi connectivity index (χ0n) is 11.4. The van der Waals surface area contributed by atoms with E-state index in [-0.39, 0.29) is 0 Å². The Labute approximate surface area is 118 Å². The smallest absolute Gasteiger partial charge is 0.127 e. The van der Waals surface area contributed by atoms with E-state index in [1.54, 1.807) is 38.5 Å². The molecule has 0 atom stereocenters. The summed E-state index contributed by atoms with van der Waals surface area (Å²) in [4.78, 5) is 0. The summed E-state index contributed by atoms with van der Waals surface area (Å²) in [5.74, 6) is 1.95. The molecule has 2 rings (SSSR count). The second kappa shape index (κ2) is 6.48. The van der Waals surface area contributed by atoms with Crippen LogP contribution in [0.25, 0.3) is 0 Å². The van der Waals surface area contributed by atoms with Gasteiger partial charge in [-0.3, -0.25) is 0 Å². The minimum absolute atomic E-state index is 0.319. The van der Waals surface area contributed by atoms with Crippen molar-refractivity contribution >= 4 is 0 Å². The lowest BCUT2D eigenvalue weighted by molar-refractivity contribution is 0.300. The van der Waals surface area contributed by atoms with E-state index in [1.807, 2.05) is 18.2 Å². The molecule has 0 aromatic heterocycles. The Hall–Kier alpha value is -2.67. The summed E-state index contributed by atoms with van der Waals surface area (Å²) < 4.78 is 16.1. The molecule has 0 heterocycles. The van der Waals surface area contributed by atoms with E-state index in [0.717, 1.165) is 5.56 Å². The van der Waals surface area contributed by atoms with Crippen LogP contribution in [-0.2, 0) is 6.61 Å². The summed E-state index contributed by atoms with van der Waals surface area (Å²) in [5, 5.41) is 9.03. The highest BCUT2D eigenvalue weighted by atomic mass is 16.5. The van der Waals surface area contributed by atoms with Crippen LogP contribution in [0.3, 0.4) is 0 Å². The Morgan fingerprint density at radius 3 is 2.15 bits per heavy atom. The highest BCUT2D eigenvalue weighted by Gasteiger charge is 2.05. The molecule has 0 aliphatic heterocycles. The van der Waals surface area contributed by atoms with Gasteiger partial charge in [-0.25, -0.2) is 0 Å². The predicted molar refractivity (Wildman–Crippen MR) is 75.0 cm³/mol. The summed E-state index contributed by atoms with van der Waals surface area (Å²) in [6.45, 7) is 0.319. The topological polar surface area (TPSA) is 51.5 Å². The fourth-order valence-corrected chi connectivity index (χ4v) is 1.78. The monoisotopic (exact) mass is 269 g/mol. The SMILES string of the molecule is COc1cc(OC)cc(OCc2ccccc2C#N)c1. The summed E-state index contributed by atoms with van der Waals surface area (Å²) in [6.07, 6.45) is 0. The Morgan fingerprint density at radius 2 is 1.55 bits per heavy atom. The summed E-state index contributed by atoms with van der Waals surface area (Å²) in [5.41, 5.74) is 1.46. The first-order valence-corrected chi connectivity index (χ1v) is 6.10. The van der Waals surface area contributed by atoms with Gasteiger partial charge in [0.2, 0.25) is 0 Å². The number of hydrogen-bond acceptors (Lipinski definition) is 4.